The van der Waals surface area contributed by atoms with E-state index in [-0.39, 0.29) is 11.2 Å². The predicted octanol–water partition coefficient (Wildman–Crippen LogP) is 6.53. The standard InChI is InChI=1S/C31H39N2O3S/c1-6-32(7-2)26-18-14-24(15-19-26)16-21-29-31(3,4)30-27-13-9-8-12-25(27)17-20-28(30)33(29)22-10-11-23-37(34,35)36-5/h8-9,12-21H,6-7,10-11,22-23H2,1-5H3/q+1. The van der Waals surface area contributed by atoms with E-state index in [0.717, 1.165) is 31.6 Å². The molecule has 6 heteroatoms. The molecule has 0 amide bonds. The van der Waals surface area contributed by atoms with Crippen LogP contribution in [0.5, 0.6) is 0 Å². The molecule has 0 bridgehead atoms. The van der Waals surface area contributed by atoms with Crippen molar-refractivity contribution in [2.24, 2.45) is 0 Å². The van der Waals surface area contributed by atoms with E-state index in [4.69, 9.17) is 0 Å². The fourth-order valence-electron chi connectivity index (χ4n) is 5.47. The Bertz CT molecular complexity index is 1420. The molecular formula is C31H39N2O3S+. The van der Waals surface area contributed by atoms with Gasteiger partial charge in [0.25, 0.3) is 10.1 Å². The average molecular weight is 520 g/mol. The van der Waals surface area contributed by atoms with Crippen LogP contribution in [0.4, 0.5) is 11.4 Å². The number of nitrogens with zero attached hydrogens (tertiary/aromatic N) is 2. The lowest BCUT2D eigenvalue weighted by Gasteiger charge is -2.20. The van der Waals surface area contributed by atoms with Gasteiger partial charge in [-0.05, 0) is 74.7 Å². The van der Waals surface area contributed by atoms with Gasteiger partial charge in [-0.25, -0.2) is 0 Å². The first-order valence-corrected chi connectivity index (χ1v) is 14.8. The van der Waals surface area contributed by atoms with Crippen molar-refractivity contribution in [3.8, 4) is 0 Å². The summed E-state index contributed by atoms with van der Waals surface area (Å²) in [6.45, 7) is 11.7. The third-order valence-corrected chi connectivity index (χ3v) is 8.79. The van der Waals surface area contributed by atoms with Gasteiger partial charge in [0.1, 0.15) is 6.54 Å². The third-order valence-electron chi connectivity index (χ3n) is 7.49. The summed E-state index contributed by atoms with van der Waals surface area (Å²) < 4.78 is 30.6. The van der Waals surface area contributed by atoms with E-state index in [1.54, 1.807) is 0 Å². The van der Waals surface area contributed by atoms with E-state index >= 15 is 0 Å². The molecule has 1 heterocycles. The van der Waals surface area contributed by atoms with Crippen LogP contribution in [-0.2, 0) is 19.7 Å². The van der Waals surface area contributed by atoms with Crippen LogP contribution in [0.25, 0.3) is 16.8 Å². The molecule has 0 saturated carbocycles. The van der Waals surface area contributed by atoms with Crippen LogP contribution >= 0.6 is 0 Å². The predicted molar refractivity (Wildman–Crippen MR) is 156 cm³/mol. The summed E-state index contributed by atoms with van der Waals surface area (Å²) in [5, 5.41) is 2.50. The molecule has 1 aliphatic heterocycles. The van der Waals surface area contributed by atoms with Gasteiger partial charge in [-0.3, -0.25) is 4.18 Å². The normalized spacial score (nSPS) is 15.1. The number of fused-ring (bicyclic) bond motifs is 3. The maximum absolute atomic E-state index is 11.8. The fraction of sp³-hybridized carbons (Fsp3) is 0.387. The number of benzene rings is 3. The van der Waals surface area contributed by atoms with Crippen LogP contribution < -0.4 is 4.90 Å². The first kappa shape index (κ1) is 27.1. The molecular weight excluding hydrogens is 480 g/mol. The van der Waals surface area contributed by atoms with Gasteiger partial charge >= 0.3 is 0 Å². The molecule has 196 valence electrons. The Morgan fingerprint density at radius 2 is 1.62 bits per heavy atom. The average Bonchev–Trinajstić information content (AvgIpc) is 3.12. The van der Waals surface area contributed by atoms with Crippen molar-refractivity contribution in [1.29, 1.82) is 0 Å². The molecule has 0 saturated heterocycles. The molecule has 0 unspecified atom stereocenters. The summed E-state index contributed by atoms with van der Waals surface area (Å²) in [6.07, 6.45) is 5.74. The lowest BCUT2D eigenvalue weighted by atomic mass is 9.79. The molecule has 37 heavy (non-hydrogen) atoms. The zero-order valence-electron chi connectivity index (χ0n) is 22.7. The molecule has 3 aromatic rings. The Balaban J connectivity index is 1.69. The highest BCUT2D eigenvalue weighted by atomic mass is 32.2. The summed E-state index contributed by atoms with van der Waals surface area (Å²) >= 11 is 0. The molecule has 0 spiro atoms. The second-order valence-electron chi connectivity index (χ2n) is 10.1. The maximum Gasteiger partial charge on any atom is 0.267 e. The first-order valence-electron chi connectivity index (χ1n) is 13.2. The second-order valence-corrected chi connectivity index (χ2v) is 11.9. The minimum Gasteiger partial charge on any atom is -0.372 e. The molecule has 0 radical (unpaired) electrons. The molecule has 0 N–H and O–H groups in total. The Hall–Kier alpha value is -2.96. The van der Waals surface area contributed by atoms with E-state index in [9.17, 15) is 8.42 Å². The molecule has 0 atom stereocenters. The van der Waals surface area contributed by atoms with Crippen LogP contribution in [0.1, 0.15) is 51.7 Å². The lowest BCUT2D eigenvalue weighted by Crippen LogP contribution is -2.28. The Morgan fingerprint density at radius 3 is 2.30 bits per heavy atom. The van der Waals surface area contributed by atoms with E-state index in [1.165, 1.54) is 40.5 Å². The van der Waals surface area contributed by atoms with Crippen LogP contribution in [0.15, 0.2) is 66.7 Å². The van der Waals surface area contributed by atoms with Crippen LogP contribution in [0.3, 0.4) is 0 Å². The molecule has 0 fully saturated rings. The number of anilines is 1. The van der Waals surface area contributed by atoms with Gasteiger partial charge in [-0.2, -0.15) is 13.0 Å². The van der Waals surface area contributed by atoms with E-state index in [0.29, 0.717) is 6.42 Å². The van der Waals surface area contributed by atoms with E-state index in [2.05, 4.69) is 114 Å². The molecule has 3 aromatic carbocycles. The molecule has 0 aromatic heterocycles. The van der Waals surface area contributed by atoms with Crippen molar-refractivity contribution in [1.82, 2.24) is 0 Å². The van der Waals surface area contributed by atoms with Crippen LogP contribution in [0.2, 0.25) is 0 Å². The SMILES string of the molecule is CCN(CC)c1ccc(C=CC2=[N+](CCCCS(=O)(=O)OC)c3ccc4ccccc4c3C2(C)C)cc1. The summed E-state index contributed by atoms with van der Waals surface area (Å²) in [7, 11) is -2.22. The monoisotopic (exact) mass is 519 g/mol. The quantitative estimate of drug-likeness (QED) is 0.164. The van der Waals surface area contributed by atoms with E-state index < -0.39 is 10.1 Å². The van der Waals surface area contributed by atoms with E-state index in [1.807, 2.05) is 0 Å². The van der Waals surface area contributed by atoms with Crippen molar-refractivity contribution >= 4 is 44.1 Å². The van der Waals surface area contributed by atoms with Gasteiger partial charge in [0.05, 0.1) is 18.3 Å². The highest BCUT2D eigenvalue weighted by Crippen LogP contribution is 2.44. The van der Waals surface area contributed by atoms with Crippen LogP contribution in [0, 0.1) is 0 Å². The van der Waals surface area contributed by atoms with Crippen molar-refractivity contribution in [2.75, 3.05) is 37.4 Å². The Labute approximate surface area is 222 Å². The van der Waals surface area contributed by atoms with Gasteiger partial charge in [0, 0.05) is 42.9 Å². The minimum absolute atomic E-state index is 0.0371. The van der Waals surface area contributed by atoms with Crippen molar-refractivity contribution in [2.45, 2.75) is 46.0 Å². The van der Waals surface area contributed by atoms with Crippen LogP contribution in [-0.4, -0.2) is 51.2 Å². The number of hydrogen-bond acceptors (Lipinski definition) is 4. The summed E-state index contributed by atoms with van der Waals surface area (Å²) in [5.74, 6) is 0.0371. The molecule has 4 rings (SSSR count). The van der Waals surface area contributed by atoms with Gasteiger partial charge in [-0.1, -0.05) is 36.4 Å². The lowest BCUT2D eigenvalue weighted by molar-refractivity contribution is -0.438. The number of allylic oxidation sites excluding steroid dienone is 1. The van der Waals surface area contributed by atoms with Crippen molar-refractivity contribution in [3.63, 3.8) is 0 Å². The third kappa shape index (κ3) is 5.65. The molecule has 1 aliphatic rings. The summed E-state index contributed by atoms with van der Waals surface area (Å²) in [5.41, 5.74) is 5.95. The van der Waals surface area contributed by atoms with Crippen molar-refractivity contribution in [3.05, 3.63) is 77.9 Å². The van der Waals surface area contributed by atoms with Gasteiger partial charge in [0.2, 0.25) is 5.69 Å². The maximum atomic E-state index is 11.8. The molecule has 0 aliphatic carbocycles. The summed E-state index contributed by atoms with van der Waals surface area (Å²) in [6, 6.07) is 21.7. The summed E-state index contributed by atoms with van der Waals surface area (Å²) in [4.78, 5) is 2.34. The Kier molecular flexibility index (Phi) is 8.20. The zero-order valence-corrected chi connectivity index (χ0v) is 23.5. The first-order chi connectivity index (χ1) is 17.7. The number of hydrogen-bond donors (Lipinski definition) is 0. The fourth-order valence-corrected chi connectivity index (χ4v) is 6.19. The number of rotatable bonds is 11. The second kappa shape index (κ2) is 11.2. The molecule has 5 nitrogen and oxygen atoms in total. The highest BCUT2D eigenvalue weighted by Gasteiger charge is 2.45. The van der Waals surface area contributed by atoms with Gasteiger partial charge in [-0.15, -0.1) is 0 Å². The highest BCUT2D eigenvalue weighted by molar-refractivity contribution is 7.86. The van der Waals surface area contributed by atoms with Crippen molar-refractivity contribution < 1.29 is 17.2 Å². The van der Waals surface area contributed by atoms with Gasteiger partial charge in [0.15, 0.2) is 5.71 Å². The largest absolute Gasteiger partial charge is 0.372 e. The van der Waals surface area contributed by atoms with Gasteiger partial charge < -0.3 is 4.90 Å². The minimum atomic E-state index is -3.44. The smallest absolute Gasteiger partial charge is 0.267 e. The topological polar surface area (TPSA) is 49.6 Å². The Morgan fingerprint density at radius 1 is 0.919 bits per heavy atom. The zero-order chi connectivity index (χ0) is 26.6. The number of unbranched alkanes of at least 4 members (excludes halogenated alkanes) is 1.